The van der Waals surface area contributed by atoms with Crippen LogP contribution >= 0.6 is 11.6 Å². The van der Waals surface area contributed by atoms with Gasteiger partial charge >= 0.3 is 0 Å². The average molecular weight is 414 g/mol. The van der Waals surface area contributed by atoms with Crippen molar-refractivity contribution < 1.29 is 4.74 Å². The monoisotopic (exact) mass is 413 g/mol. The van der Waals surface area contributed by atoms with Gasteiger partial charge in [-0.15, -0.1) is 0 Å². The van der Waals surface area contributed by atoms with Crippen LogP contribution in [0.25, 0.3) is 0 Å². The van der Waals surface area contributed by atoms with Gasteiger partial charge in [-0.3, -0.25) is 14.5 Å². The van der Waals surface area contributed by atoms with Gasteiger partial charge in [-0.1, -0.05) is 17.5 Å². The van der Waals surface area contributed by atoms with Crippen molar-refractivity contribution >= 4 is 17.8 Å². The van der Waals surface area contributed by atoms with E-state index in [2.05, 4.69) is 32.2 Å². The molecule has 1 fully saturated rings. The fraction of sp³-hybridized carbons (Fsp3) is 0.476. The van der Waals surface area contributed by atoms with Crippen LogP contribution in [0.4, 0.5) is 0 Å². The van der Waals surface area contributed by atoms with Crippen LogP contribution in [0.3, 0.4) is 0 Å². The number of allylic oxidation sites excluding steroid dienone is 4. The molecule has 152 valence electrons. The molecule has 29 heavy (non-hydrogen) atoms. The van der Waals surface area contributed by atoms with Crippen molar-refractivity contribution in [3.05, 3.63) is 51.1 Å². The number of aromatic nitrogens is 2. The molecule has 0 amide bonds. The summed E-state index contributed by atoms with van der Waals surface area (Å²) in [6, 6.07) is 1.59. The van der Waals surface area contributed by atoms with Crippen molar-refractivity contribution in [3.8, 4) is 11.8 Å². The number of ether oxygens (including phenoxy) is 1. The lowest BCUT2D eigenvalue weighted by Gasteiger charge is -2.36. The first-order valence-electron chi connectivity index (χ1n) is 9.63. The molecule has 8 heteroatoms. The highest BCUT2D eigenvalue weighted by Crippen LogP contribution is 2.38. The number of azo groups is 1. The molecule has 2 heterocycles. The maximum atomic E-state index is 12.3. The third-order valence-corrected chi connectivity index (χ3v) is 5.17. The summed E-state index contributed by atoms with van der Waals surface area (Å²) in [6.45, 7) is 2.61. The topological polar surface area (TPSA) is 81.2 Å². The van der Waals surface area contributed by atoms with Gasteiger partial charge in [0, 0.05) is 42.9 Å². The normalized spacial score (nSPS) is 24.2. The number of nitrogens with zero attached hydrogens (tertiary/aromatic N) is 5. The molecule has 3 unspecified atom stereocenters. The smallest absolute Gasteiger partial charge is 0.206 e. The lowest BCUT2D eigenvalue weighted by Crippen LogP contribution is -2.33. The Bertz CT molecular complexity index is 967. The molecule has 2 aliphatic rings. The molecule has 3 atom stereocenters. The van der Waals surface area contributed by atoms with Crippen molar-refractivity contribution in [3.63, 3.8) is 0 Å². The SMILES string of the molecule is CN=NCC1CCC1n1ccc(=O)c(COC2=CCC(Cl)=CC=NC(C)C#C2)n1. The summed E-state index contributed by atoms with van der Waals surface area (Å²) in [5, 5.41) is 13.1. The molecule has 0 radical (unpaired) electrons. The van der Waals surface area contributed by atoms with Gasteiger partial charge in [0.25, 0.3) is 0 Å². The first-order chi connectivity index (χ1) is 14.1. The summed E-state index contributed by atoms with van der Waals surface area (Å²) in [4.78, 5) is 16.5. The quantitative estimate of drug-likeness (QED) is 0.527. The van der Waals surface area contributed by atoms with E-state index in [1.807, 2.05) is 11.6 Å². The molecule has 0 N–H and O–H groups in total. The standard InChI is InChI=1S/C21H24ClN5O2/c1-15-3-6-18(7-5-17(22)9-11-24-15)29-14-19-21(28)10-12-27(26-19)20-8-4-16(20)13-25-23-2/h7,9-12,15-16,20H,4-5,8,13-14H2,1-2H3. The molecule has 7 nitrogen and oxygen atoms in total. The number of aliphatic imine (C=N–C) groups is 1. The van der Waals surface area contributed by atoms with Crippen LogP contribution in [0.5, 0.6) is 0 Å². The zero-order chi connectivity index (χ0) is 20.6. The van der Waals surface area contributed by atoms with Crippen LogP contribution < -0.4 is 5.43 Å². The Morgan fingerprint density at radius 3 is 3.03 bits per heavy atom. The molecular weight excluding hydrogens is 390 g/mol. The Kier molecular flexibility index (Phi) is 7.36. The van der Waals surface area contributed by atoms with E-state index in [0.29, 0.717) is 35.4 Å². The second kappa shape index (κ2) is 10.2. The molecular formula is C21H24ClN5O2. The van der Waals surface area contributed by atoms with Crippen molar-refractivity contribution in [2.24, 2.45) is 21.1 Å². The van der Waals surface area contributed by atoms with E-state index in [9.17, 15) is 4.79 Å². The largest absolute Gasteiger partial charge is 0.479 e. The third kappa shape index (κ3) is 5.88. The minimum Gasteiger partial charge on any atom is -0.479 e. The van der Waals surface area contributed by atoms with Crippen LogP contribution in [0.1, 0.15) is 37.9 Å². The van der Waals surface area contributed by atoms with Gasteiger partial charge in [-0.2, -0.15) is 15.3 Å². The van der Waals surface area contributed by atoms with Crippen LogP contribution in [-0.2, 0) is 11.3 Å². The number of hydrogen-bond donors (Lipinski definition) is 0. The summed E-state index contributed by atoms with van der Waals surface area (Å²) in [6.07, 6.45) is 9.52. The Hall–Kier alpha value is -2.72. The fourth-order valence-electron chi connectivity index (χ4n) is 3.06. The average Bonchev–Trinajstić information content (AvgIpc) is 2.68. The Morgan fingerprint density at radius 2 is 2.28 bits per heavy atom. The molecule has 3 rings (SSSR count). The van der Waals surface area contributed by atoms with Crippen molar-refractivity contribution in [1.29, 1.82) is 0 Å². The Labute approximate surface area is 175 Å². The zero-order valence-electron chi connectivity index (χ0n) is 16.6. The predicted molar refractivity (Wildman–Crippen MR) is 113 cm³/mol. The second-order valence-corrected chi connectivity index (χ2v) is 7.44. The molecule has 0 saturated heterocycles. The van der Waals surface area contributed by atoms with E-state index in [1.165, 1.54) is 6.07 Å². The lowest BCUT2D eigenvalue weighted by molar-refractivity contribution is 0.162. The first kappa shape index (κ1) is 21.0. The summed E-state index contributed by atoms with van der Waals surface area (Å²) >= 11 is 6.14. The van der Waals surface area contributed by atoms with E-state index in [4.69, 9.17) is 16.3 Å². The molecule has 0 aromatic carbocycles. The van der Waals surface area contributed by atoms with Gasteiger partial charge in [0.05, 0.1) is 12.6 Å². The summed E-state index contributed by atoms with van der Waals surface area (Å²) in [7, 11) is 1.67. The predicted octanol–water partition coefficient (Wildman–Crippen LogP) is 3.67. The van der Waals surface area contributed by atoms with Gasteiger partial charge in [0.1, 0.15) is 18.3 Å². The minimum absolute atomic E-state index is 0.0468. The molecule has 1 aliphatic carbocycles. The second-order valence-electron chi connectivity index (χ2n) is 6.95. The Morgan fingerprint density at radius 1 is 1.41 bits per heavy atom. The summed E-state index contributed by atoms with van der Waals surface area (Å²) < 4.78 is 7.65. The maximum absolute atomic E-state index is 12.3. The van der Waals surface area contributed by atoms with Gasteiger partial charge in [-0.25, -0.2) is 0 Å². The van der Waals surface area contributed by atoms with Crippen molar-refractivity contribution in [2.45, 2.75) is 44.9 Å². The maximum Gasteiger partial charge on any atom is 0.206 e. The highest BCUT2D eigenvalue weighted by Gasteiger charge is 2.32. The first-order valence-corrected chi connectivity index (χ1v) is 10.0. The van der Waals surface area contributed by atoms with Gasteiger partial charge in [0.2, 0.25) is 5.43 Å². The lowest BCUT2D eigenvalue weighted by atomic mass is 9.80. The molecule has 1 saturated carbocycles. The molecule has 1 aliphatic heterocycles. The highest BCUT2D eigenvalue weighted by atomic mass is 35.5. The van der Waals surface area contributed by atoms with Gasteiger partial charge in [0.15, 0.2) is 5.76 Å². The number of rotatable bonds is 6. The summed E-state index contributed by atoms with van der Waals surface area (Å²) in [5.74, 6) is 6.83. The van der Waals surface area contributed by atoms with Crippen LogP contribution in [-0.4, -0.2) is 35.6 Å². The number of hydrogen-bond acceptors (Lipinski definition) is 6. The van der Waals surface area contributed by atoms with Gasteiger partial charge < -0.3 is 4.74 Å². The van der Waals surface area contributed by atoms with E-state index in [0.717, 1.165) is 12.8 Å². The van der Waals surface area contributed by atoms with Crippen molar-refractivity contribution in [1.82, 2.24) is 9.78 Å². The van der Waals surface area contributed by atoms with Crippen LogP contribution in [0.15, 0.2) is 55.2 Å². The van der Waals surface area contributed by atoms with Crippen LogP contribution in [0.2, 0.25) is 0 Å². The van der Waals surface area contributed by atoms with Crippen LogP contribution in [0, 0.1) is 17.8 Å². The Balaban J connectivity index is 1.72. The van der Waals surface area contributed by atoms with E-state index < -0.39 is 0 Å². The van der Waals surface area contributed by atoms with Gasteiger partial charge in [-0.05, 0) is 37.8 Å². The summed E-state index contributed by atoms with van der Waals surface area (Å²) in [5.41, 5.74) is 0.192. The van der Waals surface area contributed by atoms with Crippen molar-refractivity contribution in [2.75, 3.05) is 13.6 Å². The number of halogens is 1. The van der Waals surface area contributed by atoms with E-state index >= 15 is 0 Å². The minimum atomic E-state index is -0.177. The molecule has 1 aromatic rings. The third-order valence-electron chi connectivity index (χ3n) is 4.89. The zero-order valence-corrected chi connectivity index (χ0v) is 17.3. The molecule has 0 spiro atoms. The fourth-order valence-corrected chi connectivity index (χ4v) is 3.20. The molecule has 0 bridgehead atoms. The molecule has 1 aromatic heterocycles. The van der Waals surface area contributed by atoms with E-state index in [1.54, 1.807) is 31.6 Å². The van der Waals surface area contributed by atoms with E-state index in [-0.39, 0.29) is 24.1 Å². The highest BCUT2D eigenvalue weighted by molar-refractivity contribution is 6.30.